The van der Waals surface area contributed by atoms with Crippen molar-refractivity contribution in [2.75, 3.05) is 18.9 Å². The zero-order valence-electron chi connectivity index (χ0n) is 15.7. The fraction of sp³-hybridized carbons (Fsp3) is 0.429. The number of benzene rings is 1. The Balaban J connectivity index is 1.46. The Morgan fingerprint density at radius 1 is 1.11 bits per heavy atom. The van der Waals surface area contributed by atoms with Crippen LogP contribution >= 0.6 is 0 Å². The van der Waals surface area contributed by atoms with Crippen molar-refractivity contribution >= 4 is 17.5 Å². The van der Waals surface area contributed by atoms with E-state index in [1.165, 1.54) is 32.1 Å². The van der Waals surface area contributed by atoms with Crippen LogP contribution in [0.2, 0.25) is 0 Å². The van der Waals surface area contributed by atoms with E-state index in [0.29, 0.717) is 36.1 Å². The van der Waals surface area contributed by atoms with Gasteiger partial charge in [-0.2, -0.15) is 0 Å². The molecule has 1 aliphatic rings. The van der Waals surface area contributed by atoms with Crippen LogP contribution in [0.5, 0.6) is 0 Å². The van der Waals surface area contributed by atoms with E-state index in [1.54, 1.807) is 36.6 Å². The Hall–Kier alpha value is -2.60. The van der Waals surface area contributed by atoms with Crippen LogP contribution in [0.1, 0.15) is 48.2 Å². The van der Waals surface area contributed by atoms with Crippen molar-refractivity contribution in [3.63, 3.8) is 0 Å². The largest absolute Gasteiger partial charge is 0.467 e. The molecule has 1 heterocycles. The second-order valence-corrected chi connectivity index (χ2v) is 7.09. The number of carbonyl (C=O) groups excluding carboxylic acids is 2. The van der Waals surface area contributed by atoms with Crippen LogP contribution in [0.3, 0.4) is 0 Å². The SMILES string of the molecule is CN(CC(=O)Nc1ccc(C(=O)NCc2ccco2)cc1)C1CCCCC1. The average Bonchev–Trinajstić information content (AvgIpc) is 3.21. The molecule has 27 heavy (non-hydrogen) atoms. The highest BCUT2D eigenvalue weighted by Crippen LogP contribution is 2.21. The standard InChI is InChI=1S/C21H27N3O3/c1-24(18-6-3-2-4-7-18)15-20(25)23-17-11-9-16(10-12-17)21(26)22-14-19-8-5-13-27-19/h5,8-13,18H,2-4,6-7,14-15H2,1H3,(H,22,26)(H,23,25). The Labute approximate surface area is 159 Å². The molecular weight excluding hydrogens is 342 g/mol. The molecule has 1 aromatic carbocycles. The predicted octanol–water partition coefficient (Wildman–Crippen LogP) is 3.41. The summed E-state index contributed by atoms with van der Waals surface area (Å²) in [4.78, 5) is 26.6. The Morgan fingerprint density at radius 3 is 2.52 bits per heavy atom. The molecule has 2 N–H and O–H groups in total. The smallest absolute Gasteiger partial charge is 0.251 e. The van der Waals surface area contributed by atoms with Gasteiger partial charge in [-0.3, -0.25) is 14.5 Å². The number of likely N-dealkylation sites (N-methyl/N-ethyl adjacent to an activating group) is 1. The van der Waals surface area contributed by atoms with Gasteiger partial charge in [0.1, 0.15) is 5.76 Å². The fourth-order valence-electron chi connectivity index (χ4n) is 3.47. The van der Waals surface area contributed by atoms with E-state index < -0.39 is 0 Å². The van der Waals surface area contributed by atoms with Gasteiger partial charge in [-0.05, 0) is 56.3 Å². The van der Waals surface area contributed by atoms with Gasteiger partial charge in [0, 0.05) is 17.3 Å². The summed E-state index contributed by atoms with van der Waals surface area (Å²) in [6.07, 6.45) is 7.72. The van der Waals surface area contributed by atoms with Crippen LogP contribution in [-0.4, -0.2) is 36.3 Å². The van der Waals surface area contributed by atoms with Crippen molar-refractivity contribution in [3.05, 3.63) is 54.0 Å². The van der Waals surface area contributed by atoms with Gasteiger partial charge in [0.25, 0.3) is 5.91 Å². The summed E-state index contributed by atoms with van der Waals surface area (Å²) in [5.41, 5.74) is 1.23. The number of furan rings is 1. The summed E-state index contributed by atoms with van der Waals surface area (Å²) >= 11 is 0. The van der Waals surface area contributed by atoms with E-state index in [0.717, 1.165) is 0 Å². The molecule has 6 nitrogen and oxygen atoms in total. The molecule has 1 aliphatic carbocycles. The molecule has 0 unspecified atom stereocenters. The molecular formula is C21H27N3O3. The second-order valence-electron chi connectivity index (χ2n) is 7.09. The molecule has 0 atom stereocenters. The van der Waals surface area contributed by atoms with Gasteiger partial charge in [0.15, 0.2) is 0 Å². The minimum Gasteiger partial charge on any atom is -0.467 e. The molecule has 144 valence electrons. The molecule has 1 aromatic heterocycles. The van der Waals surface area contributed by atoms with E-state index in [-0.39, 0.29) is 11.8 Å². The van der Waals surface area contributed by atoms with Crippen molar-refractivity contribution in [3.8, 4) is 0 Å². The van der Waals surface area contributed by atoms with Gasteiger partial charge in [-0.25, -0.2) is 0 Å². The monoisotopic (exact) mass is 369 g/mol. The van der Waals surface area contributed by atoms with Crippen LogP contribution in [-0.2, 0) is 11.3 Å². The maximum Gasteiger partial charge on any atom is 0.251 e. The first-order valence-corrected chi connectivity index (χ1v) is 9.52. The highest BCUT2D eigenvalue weighted by atomic mass is 16.3. The predicted molar refractivity (Wildman–Crippen MR) is 104 cm³/mol. The number of hydrogen-bond donors (Lipinski definition) is 2. The van der Waals surface area contributed by atoms with E-state index in [4.69, 9.17) is 4.42 Å². The molecule has 2 aromatic rings. The van der Waals surface area contributed by atoms with Gasteiger partial charge in [0.05, 0.1) is 19.4 Å². The average molecular weight is 369 g/mol. The second kappa shape index (κ2) is 9.37. The lowest BCUT2D eigenvalue weighted by Crippen LogP contribution is -2.39. The Morgan fingerprint density at radius 2 is 1.85 bits per heavy atom. The van der Waals surface area contributed by atoms with E-state index in [9.17, 15) is 9.59 Å². The van der Waals surface area contributed by atoms with Crippen molar-refractivity contribution < 1.29 is 14.0 Å². The van der Waals surface area contributed by atoms with Crippen LogP contribution in [0, 0.1) is 0 Å². The molecule has 0 aliphatic heterocycles. The summed E-state index contributed by atoms with van der Waals surface area (Å²) < 4.78 is 5.19. The Bertz CT molecular complexity index is 735. The van der Waals surface area contributed by atoms with Crippen LogP contribution in [0.25, 0.3) is 0 Å². The number of rotatable bonds is 7. The van der Waals surface area contributed by atoms with Gasteiger partial charge in [0.2, 0.25) is 5.91 Å². The number of nitrogens with zero attached hydrogens (tertiary/aromatic N) is 1. The van der Waals surface area contributed by atoms with Gasteiger partial charge in [-0.15, -0.1) is 0 Å². The normalized spacial score (nSPS) is 14.9. The third-order valence-electron chi connectivity index (χ3n) is 5.03. The van der Waals surface area contributed by atoms with Gasteiger partial charge < -0.3 is 15.1 Å². The summed E-state index contributed by atoms with van der Waals surface area (Å²) in [5, 5.41) is 5.70. The highest BCUT2D eigenvalue weighted by Gasteiger charge is 2.19. The third kappa shape index (κ3) is 5.69. The lowest BCUT2D eigenvalue weighted by atomic mass is 9.94. The summed E-state index contributed by atoms with van der Waals surface area (Å²) in [7, 11) is 2.02. The minimum atomic E-state index is -0.179. The summed E-state index contributed by atoms with van der Waals surface area (Å²) in [5.74, 6) is 0.494. The van der Waals surface area contributed by atoms with Crippen LogP contribution in [0.4, 0.5) is 5.69 Å². The first kappa shape index (κ1) is 19.2. The van der Waals surface area contributed by atoms with Crippen molar-refractivity contribution in [1.82, 2.24) is 10.2 Å². The summed E-state index contributed by atoms with van der Waals surface area (Å²) in [6.45, 7) is 0.730. The maximum absolute atomic E-state index is 12.3. The topological polar surface area (TPSA) is 74.6 Å². The van der Waals surface area contributed by atoms with Crippen molar-refractivity contribution in [2.45, 2.75) is 44.7 Å². The van der Waals surface area contributed by atoms with E-state index in [2.05, 4.69) is 15.5 Å². The Kier molecular flexibility index (Phi) is 6.65. The molecule has 0 bridgehead atoms. The minimum absolute atomic E-state index is 0.0295. The lowest BCUT2D eigenvalue weighted by Gasteiger charge is -2.30. The number of hydrogen-bond acceptors (Lipinski definition) is 4. The molecule has 0 saturated heterocycles. The molecule has 0 radical (unpaired) electrons. The number of anilines is 1. The molecule has 1 fully saturated rings. The van der Waals surface area contributed by atoms with E-state index >= 15 is 0 Å². The van der Waals surface area contributed by atoms with Crippen LogP contribution < -0.4 is 10.6 Å². The first-order chi connectivity index (χ1) is 13.1. The molecule has 0 spiro atoms. The summed E-state index contributed by atoms with van der Waals surface area (Å²) in [6, 6.07) is 11.0. The molecule has 1 saturated carbocycles. The van der Waals surface area contributed by atoms with E-state index in [1.807, 2.05) is 13.1 Å². The lowest BCUT2D eigenvalue weighted by molar-refractivity contribution is -0.117. The molecule has 6 heteroatoms. The first-order valence-electron chi connectivity index (χ1n) is 9.52. The maximum atomic E-state index is 12.3. The zero-order chi connectivity index (χ0) is 19.1. The number of amides is 2. The van der Waals surface area contributed by atoms with Crippen molar-refractivity contribution in [1.29, 1.82) is 0 Å². The van der Waals surface area contributed by atoms with Gasteiger partial charge in [-0.1, -0.05) is 19.3 Å². The van der Waals surface area contributed by atoms with Crippen molar-refractivity contribution in [2.24, 2.45) is 0 Å². The van der Waals surface area contributed by atoms with Gasteiger partial charge >= 0.3 is 0 Å². The zero-order valence-corrected chi connectivity index (χ0v) is 15.7. The number of carbonyl (C=O) groups is 2. The third-order valence-corrected chi connectivity index (χ3v) is 5.03. The molecule has 2 amide bonds. The number of nitrogens with one attached hydrogen (secondary N) is 2. The quantitative estimate of drug-likeness (QED) is 0.784. The molecule has 3 rings (SSSR count). The fourth-order valence-corrected chi connectivity index (χ4v) is 3.47. The van der Waals surface area contributed by atoms with Crippen LogP contribution in [0.15, 0.2) is 47.1 Å². The highest BCUT2D eigenvalue weighted by molar-refractivity contribution is 5.96.